The summed E-state index contributed by atoms with van der Waals surface area (Å²) in [6, 6.07) is 4.73. The maximum Gasteiger partial charge on any atom is 0.240 e. The molecule has 0 aliphatic carbocycles. The summed E-state index contributed by atoms with van der Waals surface area (Å²) in [5.74, 6) is 0.720. The van der Waals surface area contributed by atoms with Crippen LogP contribution >= 0.6 is 0 Å². The predicted octanol–water partition coefficient (Wildman–Crippen LogP) is 2.46. The number of nitrogens with one attached hydrogen (secondary N) is 1. The number of rotatable bonds is 5. The Kier molecular flexibility index (Phi) is 3.84. The van der Waals surface area contributed by atoms with Gasteiger partial charge in [-0.2, -0.15) is 4.98 Å². The molecule has 0 amide bonds. The van der Waals surface area contributed by atoms with Gasteiger partial charge in [0.1, 0.15) is 5.82 Å². The van der Waals surface area contributed by atoms with E-state index in [1.54, 1.807) is 25.1 Å². The number of aromatic nitrogens is 2. The number of aryl methyl sites for hydroxylation is 1. The Morgan fingerprint density at radius 1 is 1.50 bits per heavy atom. The van der Waals surface area contributed by atoms with E-state index >= 15 is 0 Å². The normalized spacial score (nSPS) is 10.6. The van der Waals surface area contributed by atoms with E-state index in [1.165, 1.54) is 6.07 Å². The van der Waals surface area contributed by atoms with Crippen molar-refractivity contribution in [3.63, 3.8) is 0 Å². The van der Waals surface area contributed by atoms with Crippen LogP contribution in [0.5, 0.6) is 0 Å². The highest BCUT2D eigenvalue weighted by Gasteiger charge is 2.09. The lowest BCUT2D eigenvalue weighted by Gasteiger charge is -1.98. The van der Waals surface area contributed by atoms with Gasteiger partial charge in [0.25, 0.3) is 0 Å². The van der Waals surface area contributed by atoms with Gasteiger partial charge in [-0.3, -0.25) is 0 Å². The molecule has 5 heteroatoms. The van der Waals surface area contributed by atoms with E-state index in [-0.39, 0.29) is 5.82 Å². The van der Waals surface area contributed by atoms with Gasteiger partial charge in [-0.05, 0) is 30.7 Å². The minimum Gasteiger partial charge on any atom is -0.338 e. The lowest BCUT2D eigenvalue weighted by molar-refractivity contribution is 0.370. The van der Waals surface area contributed by atoms with E-state index in [1.807, 2.05) is 0 Å². The molecule has 0 saturated carbocycles. The van der Waals surface area contributed by atoms with Crippen LogP contribution in [-0.2, 0) is 6.54 Å². The van der Waals surface area contributed by atoms with Crippen molar-refractivity contribution in [2.24, 2.45) is 0 Å². The second kappa shape index (κ2) is 5.55. The van der Waals surface area contributed by atoms with Crippen molar-refractivity contribution in [2.75, 3.05) is 6.54 Å². The van der Waals surface area contributed by atoms with Crippen LogP contribution in [0.15, 0.2) is 35.4 Å². The lowest BCUT2D eigenvalue weighted by atomic mass is 10.1. The van der Waals surface area contributed by atoms with E-state index in [0.717, 1.165) is 5.56 Å². The summed E-state index contributed by atoms with van der Waals surface area (Å²) in [5, 5.41) is 6.92. The van der Waals surface area contributed by atoms with Gasteiger partial charge in [-0.25, -0.2) is 4.39 Å². The van der Waals surface area contributed by atoms with Crippen molar-refractivity contribution in [3.8, 4) is 11.4 Å². The molecule has 0 spiro atoms. The van der Waals surface area contributed by atoms with Gasteiger partial charge in [-0.1, -0.05) is 11.2 Å². The van der Waals surface area contributed by atoms with Crippen LogP contribution < -0.4 is 5.32 Å². The second-order valence-corrected chi connectivity index (χ2v) is 3.90. The maximum absolute atomic E-state index is 13.1. The van der Waals surface area contributed by atoms with Crippen molar-refractivity contribution in [1.29, 1.82) is 0 Å². The van der Waals surface area contributed by atoms with Gasteiger partial charge in [0.15, 0.2) is 0 Å². The van der Waals surface area contributed by atoms with Gasteiger partial charge in [-0.15, -0.1) is 6.58 Å². The Bertz CT molecular complexity index is 551. The number of hydrogen-bond acceptors (Lipinski definition) is 4. The van der Waals surface area contributed by atoms with Crippen LogP contribution in [-0.4, -0.2) is 16.7 Å². The summed E-state index contributed by atoms with van der Waals surface area (Å²) in [6.07, 6.45) is 1.75. The Hall–Kier alpha value is -2.01. The zero-order valence-corrected chi connectivity index (χ0v) is 10.1. The smallest absolute Gasteiger partial charge is 0.240 e. The molecule has 0 bridgehead atoms. The van der Waals surface area contributed by atoms with Gasteiger partial charge in [0.2, 0.25) is 11.7 Å². The molecular formula is C13H14FN3O. The van der Waals surface area contributed by atoms with Crippen LogP contribution in [0, 0.1) is 12.7 Å². The third kappa shape index (κ3) is 2.81. The molecule has 0 aliphatic heterocycles. The predicted molar refractivity (Wildman–Crippen MR) is 66.3 cm³/mol. The minimum atomic E-state index is -0.241. The average Bonchev–Trinajstić information content (AvgIpc) is 2.82. The lowest BCUT2D eigenvalue weighted by Crippen LogP contribution is -2.12. The zero-order valence-electron chi connectivity index (χ0n) is 10.1. The van der Waals surface area contributed by atoms with Crippen LogP contribution in [0.25, 0.3) is 11.4 Å². The number of nitrogens with zero attached hydrogens (tertiary/aromatic N) is 2. The molecular weight excluding hydrogens is 233 g/mol. The minimum absolute atomic E-state index is 0.241. The molecule has 4 nitrogen and oxygen atoms in total. The molecule has 0 aliphatic rings. The highest BCUT2D eigenvalue weighted by Crippen LogP contribution is 2.18. The van der Waals surface area contributed by atoms with Crippen LogP contribution in [0.3, 0.4) is 0 Å². The van der Waals surface area contributed by atoms with Gasteiger partial charge >= 0.3 is 0 Å². The monoisotopic (exact) mass is 247 g/mol. The average molecular weight is 247 g/mol. The maximum atomic E-state index is 13.1. The van der Waals surface area contributed by atoms with Crippen molar-refractivity contribution < 1.29 is 8.91 Å². The largest absolute Gasteiger partial charge is 0.338 e. The molecule has 2 rings (SSSR count). The van der Waals surface area contributed by atoms with Gasteiger partial charge in [0, 0.05) is 12.1 Å². The second-order valence-electron chi connectivity index (χ2n) is 3.90. The van der Waals surface area contributed by atoms with Crippen molar-refractivity contribution in [1.82, 2.24) is 15.5 Å². The molecule has 0 atom stereocenters. The first-order valence-corrected chi connectivity index (χ1v) is 5.61. The molecule has 94 valence electrons. The quantitative estimate of drug-likeness (QED) is 0.651. The molecule has 0 saturated heterocycles. The highest BCUT2D eigenvalue weighted by atomic mass is 19.1. The first-order chi connectivity index (χ1) is 8.70. The molecule has 1 aromatic heterocycles. The number of hydrogen-bond donors (Lipinski definition) is 1. The van der Waals surface area contributed by atoms with Gasteiger partial charge in [0.05, 0.1) is 6.54 Å². The van der Waals surface area contributed by atoms with Gasteiger partial charge < -0.3 is 9.84 Å². The highest BCUT2D eigenvalue weighted by molar-refractivity contribution is 5.55. The van der Waals surface area contributed by atoms with Crippen molar-refractivity contribution >= 4 is 0 Å². The topological polar surface area (TPSA) is 51.0 Å². The third-order valence-corrected chi connectivity index (χ3v) is 2.45. The van der Waals surface area contributed by atoms with Crippen molar-refractivity contribution in [3.05, 3.63) is 48.1 Å². The van der Waals surface area contributed by atoms with E-state index in [2.05, 4.69) is 22.0 Å². The Labute approximate surface area is 105 Å². The Balaban J connectivity index is 2.13. The molecule has 2 aromatic rings. The summed E-state index contributed by atoms with van der Waals surface area (Å²) in [6.45, 7) is 6.46. The molecule has 0 unspecified atom stereocenters. The summed E-state index contributed by atoms with van der Waals surface area (Å²) in [5.41, 5.74) is 1.30. The third-order valence-electron chi connectivity index (χ3n) is 2.45. The fourth-order valence-corrected chi connectivity index (χ4v) is 1.51. The number of halogens is 1. The summed E-state index contributed by atoms with van der Waals surface area (Å²) < 4.78 is 18.2. The zero-order chi connectivity index (χ0) is 13.0. The molecule has 18 heavy (non-hydrogen) atoms. The molecule has 1 N–H and O–H groups in total. The van der Waals surface area contributed by atoms with Crippen LogP contribution in [0.2, 0.25) is 0 Å². The fourth-order valence-electron chi connectivity index (χ4n) is 1.51. The van der Waals surface area contributed by atoms with Crippen molar-refractivity contribution in [2.45, 2.75) is 13.5 Å². The summed E-state index contributed by atoms with van der Waals surface area (Å²) in [4.78, 5) is 4.23. The molecule has 0 fully saturated rings. The van der Waals surface area contributed by atoms with E-state index in [0.29, 0.717) is 30.4 Å². The summed E-state index contributed by atoms with van der Waals surface area (Å²) in [7, 11) is 0. The SMILES string of the molecule is C=CCNCc1nc(-c2ccc(F)c(C)c2)no1. The Morgan fingerprint density at radius 3 is 3.06 bits per heavy atom. The van der Waals surface area contributed by atoms with E-state index in [4.69, 9.17) is 4.52 Å². The first-order valence-electron chi connectivity index (χ1n) is 5.61. The van der Waals surface area contributed by atoms with E-state index in [9.17, 15) is 4.39 Å². The molecule has 1 aromatic carbocycles. The molecule has 1 heterocycles. The standard InChI is InChI=1S/C13H14FN3O/c1-3-6-15-8-12-16-13(17-18-12)10-4-5-11(14)9(2)7-10/h3-5,7,15H,1,6,8H2,2H3. The van der Waals surface area contributed by atoms with E-state index < -0.39 is 0 Å². The Morgan fingerprint density at radius 2 is 2.33 bits per heavy atom. The molecule has 0 radical (unpaired) electrons. The first kappa shape index (κ1) is 12.4. The fraction of sp³-hybridized carbons (Fsp3) is 0.231. The van der Waals surface area contributed by atoms with Crippen LogP contribution in [0.4, 0.5) is 4.39 Å². The van der Waals surface area contributed by atoms with Crippen LogP contribution in [0.1, 0.15) is 11.5 Å². The number of benzene rings is 1. The summed E-state index contributed by atoms with van der Waals surface area (Å²) >= 11 is 0.